The Bertz CT molecular complexity index is 3130. The Morgan fingerprint density at radius 3 is 1.81 bits per heavy atom. The molecule has 0 saturated carbocycles. The van der Waals surface area contributed by atoms with Crippen molar-refractivity contribution in [3.8, 4) is 56.4 Å². The maximum absolute atomic E-state index is 5.18. The highest BCUT2D eigenvalue weighted by molar-refractivity contribution is 7.25. The monoisotopic (exact) mass is 707 g/mol. The highest BCUT2D eigenvalue weighted by atomic mass is 32.1. The van der Waals surface area contributed by atoms with Gasteiger partial charge in [0.25, 0.3) is 0 Å². The summed E-state index contributed by atoms with van der Waals surface area (Å²) in [6, 6.07) is 59.0. The molecule has 3 nitrogen and oxygen atoms in total. The molecule has 0 bridgehead atoms. The molecule has 54 heavy (non-hydrogen) atoms. The molecule has 0 saturated heterocycles. The van der Waals surface area contributed by atoms with E-state index in [9.17, 15) is 0 Å². The summed E-state index contributed by atoms with van der Waals surface area (Å²) in [5.41, 5.74) is 10.4. The van der Waals surface area contributed by atoms with Crippen LogP contribution in [0.3, 0.4) is 0 Å². The third-order valence-electron chi connectivity index (χ3n) is 11.3. The maximum Gasteiger partial charge on any atom is 0.164 e. The first-order chi connectivity index (χ1) is 26.5. The van der Waals surface area contributed by atoms with Crippen LogP contribution < -0.4 is 0 Å². The van der Waals surface area contributed by atoms with Crippen molar-refractivity contribution in [1.82, 2.24) is 15.0 Å². The van der Waals surface area contributed by atoms with Crippen molar-refractivity contribution >= 4 is 53.1 Å². The predicted molar refractivity (Wildman–Crippen MR) is 227 cm³/mol. The van der Waals surface area contributed by atoms with Gasteiger partial charge >= 0.3 is 0 Å². The summed E-state index contributed by atoms with van der Waals surface area (Å²) in [5, 5.41) is 7.46. The molecule has 1 aliphatic rings. The number of hydrogen-bond acceptors (Lipinski definition) is 4. The quantitative estimate of drug-likeness (QED) is 0.183. The third-order valence-corrected chi connectivity index (χ3v) is 12.4. The van der Waals surface area contributed by atoms with Crippen LogP contribution in [-0.4, -0.2) is 15.0 Å². The van der Waals surface area contributed by atoms with Gasteiger partial charge in [0.2, 0.25) is 0 Å². The number of hydrogen-bond donors (Lipinski definition) is 0. The summed E-state index contributed by atoms with van der Waals surface area (Å²) in [4.78, 5) is 15.5. The maximum atomic E-state index is 5.18. The summed E-state index contributed by atoms with van der Waals surface area (Å²) >= 11 is 1.86. The van der Waals surface area contributed by atoms with E-state index in [-0.39, 0.29) is 5.41 Å². The van der Waals surface area contributed by atoms with Crippen molar-refractivity contribution in [2.24, 2.45) is 0 Å². The van der Waals surface area contributed by atoms with Crippen molar-refractivity contribution < 1.29 is 0 Å². The zero-order chi connectivity index (χ0) is 36.0. The van der Waals surface area contributed by atoms with E-state index in [0.29, 0.717) is 17.5 Å². The van der Waals surface area contributed by atoms with Gasteiger partial charge in [-0.2, -0.15) is 0 Å². The molecule has 2 aromatic heterocycles. The zero-order valence-electron chi connectivity index (χ0n) is 29.8. The van der Waals surface area contributed by atoms with Gasteiger partial charge < -0.3 is 0 Å². The van der Waals surface area contributed by atoms with Crippen LogP contribution in [-0.2, 0) is 5.41 Å². The summed E-state index contributed by atoms with van der Waals surface area (Å²) in [7, 11) is 0. The van der Waals surface area contributed by atoms with Gasteiger partial charge in [-0.05, 0) is 79.2 Å². The minimum atomic E-state index is -0.126. The van der Waals surface area contributed by atoms with E-state index < -0.39 is 0 Å². The SMILES string of the molecule is CC1(C)c2ccccc2-c2ccc(-c3nc(-c4ccc(-c5ccc6c(c5)sc5cc7ccccc7cc56)cc4)nc(-c4cccc5ccccc45)n3)cc21. The fourth-order valence-corrected chi connectivity index (χ4v) is 9.65. The normalized spacial score (nSPS) is 13.1. The van der Waals surface area contributed by atoms with Gasteiger partial charge in [-0.3, -0.25) is 0 Å². The Morgan fingerprint density at radius 1 is 0.370 bits per heavy atom. The van der Waals surface area contributed by atoms with Crippen LogP contribution in [0, 0.1) is 0 Å². The van der Waals surface area contributed by atoms with Gasteiger partial charge in [-0.25, -0.2) is 15.0 Å². The van der Waals surface area contributed by atoms with Crippen molar-refractivity contribution in [3.05, 3.63) is 175 Å². The minimum Gasteiger partial charge on any atom is -0.208 e. The molecule has 0 radical (unpaired) electrons. The fourth-order valence-electron chi connectivity index (χ4n) is 8.47. The number of nitrogens with zero attached hydrogens (tertiary/aromatic N) is 3. The number of fused-ring (bicyclic) bond motifs is 8. The van der Waals surface area contributed by atoms with Crippen molar-refractivity contribution in [3.63, 3.8) is 0 Å². The molecule has 0 atom stereocenters. The largest absolute Gasteiger partial charge is 0.208 e. The topological polar surface area (TPSA) is 38.7 Å². The number of rotatable bonds is 4. The first-order valence-corrected chi connectivity index (χ1v) is 19.2. The molecule has 1 aliphatic carbocycles. The standard InChI is InChI=1S/C50H33N3S/c1-50(2)43-17-8-7-15-38(43)39-24-23-36(27-44(39)50)48-51-47(52-49(53-48)41-16-9-13-31-10-5-6-14-37(31)41)32-20-18-30(19-21-32)35-22-25-40-42-26-33-11-3-4-12-34(33)28-46(42)54-45(40)29-35/h3-29H,1-2H3. The highest BCUT2D eigenvalue weighted by Crippen LogP contribution is 2.49. The van der Waals surface area contributed by atoms with Crippen molar-refractivity contribution in [2.75, 3.05) is 0 Å². The van der Waals surface area contributed by atoms with Gasteiger partial charge in [0.1, 0.15) is 0 Å². The van der Waals surface area contributed by atoms with E-state index in [4.69, 9.17) is 15.0 Å². The Morgan fingerprint density at radius 2 is 0.963 bits per heavy atom. The van der Waals surface area contributed by atoms with Crippen LogP contribution in [0.15, 0.2) is 164 Å². The fraction of sp³-hybridized carbons (Fsp3) is 0.0600. The lowest BCUT2D eigenvalue weighted by molar-refractivity contribution is 0.660. The van der Waals surface area contributed by atoms with E-state index in [1.807, 2.05) is 11.3 Å². The molecule has 0 aliphatic heterocycles. The summed E-state index contributed by atoms with van der Waals surface area (Å²) in [6.07, 6.45) is 0. The number of thiophene rings is 1. The third kappa shape index (κ3) is 4.84. The first kappa shape index (κ1) is 31.1. The van der Waals surface area contributed by atoms with Crippen LogP contribution in [0.2, 0.25) is 0 Å². The Kier molecular flexibility index (Phi) is 6.77. The average molecular weight is 708 g/mol. The molecule has 0 N–H and O–H groups in total. The van der Waals surface area contributed by atoms with Crippen LogP contribution in [0.5, 0.6) is 0 Å². The second kappa shape index (κ2) is 11.8. The van der Waals surface area contributed by atoms with Crippen LogP contribution >= 0.6 is 11.3 Å². The van der Waals surface area contributed by atoms with E-state index in [1.54, 1.807) is 0 Å². The van der Waals surface area contributed by atoms with Crippen molar-refractivity contribution in [1.29, 1.82) is 0 Å². The second-order valence-corrected chi connectivity index (χ2v) is 15.9. The van der Waals surface area contributed by atoms with Crippen LogP contribution in [0.1, 0.15) is 25.0 Å². The van der Waals surface area contributed by atoms with E-state index >= 15 is 0 Å². The number of aromatic nitrogens is 3. The van der Waals surface area contributed by atoms with Crippen molar-refractivity contribution in [2.45, 2.75) is 19.3 Å². The predicted octanol–water partition coefficient (Wildman–Crippen LogP) is 13.5. The lowest BCUT2D eigenvalue weighted by Crippen LogP contribution is -2.15. The van der Waals surface area contributed by atoms with E-state index in [2.05, 4.69) is 178 Å². The van der Waals surface area contributed by atoms with Gasteiger partial charge in [-0.15, -0.1) is 11.3 Å². The molecular weight excluding hydrogens is 675 g/mol. The molecular formula is C50H33N3S. The van der Waals surface area contributed by atoms with E-state index in [1.165, 1.54) is 58.8 Å². The minimum absolute atomic E-state index is 0.126. The summed E-state index contributed by atoms with van der Waals surface area (Å²) < 4.78 is 2.62. The lowest BCUT2D eigenvalue weighted by Gasteiger charge is -2.21. The Labute approximate surface area is 317 Å². The van der Waals surface area contributed by atoms with Gasteiger partial charge in [0.15, 0.2) is 17.5 Å². The first-order valence-electron chi connectivity index (χ1n) is 18.4. The zero-order valence-corrected chi connectivity index (χ0v) is 30.7. The van der Waals surface area contributed by atoms with Gasteiger partial charge in [0.05, 0.1) is 0 Å². The van der Waals surface area contributed by atoms with Gasteiger partial charge in [-0.1, -0.05) is 153 Å². The smallest absolute Gasteiger partial charge is 0.164 e. The lowest BCUT2D eigenvalue weighted by atomic mass is 9.82. The average Bonchev–Trinajstić information content (AvgIpc) is 3.69. The molecule has 2 heterocycles. The molecule has 0 spiro atoms. The van der Waals surface area contributed by atoms with Crippen LogP contribution in [0.4, 0.5) is 0 Å². The molecule has 11 rings (SSSR count). The molecule has 0 amide bonds. The molecule has 0 fully saturated rings. The molecule has 8 aromatic carbocycles. The molecule has 254 valence electrons. The van der Waals surface area contributed by atoms with E-state index in [0.717, 1.165) is 33.0 Å². The summed E-state index contributed by atoms with van der Waals surface area (Å²) in [5.74, 6) is 2.00. The Balaban J connectivity index is 1.02. The molecule has 10 aromatic rings. The number of benzene rings is 8. The summed E-state index contributed by atoms with van der Waals surface area (Å²) in [6.45, 7) is 4.62. The second-order valence-electron chi connectivity index (χ2n) is 14.8. The van der Waals surface area contributed by atoms with Crippen LogP contribution in [0.25, 0.3) is 98.1 Å². The van der Waals surface area contributed by atoms with Gasteiger partial charge in [0, 0.05) is 42.3 Å². The Hall–Kier alpha value is -6.49. The molecule has 4 heteroatoms. The molecule has 0 unspecified atom stereocenters. The highest BCUT2D eigenvalue weighted by Gasteiger charge is 2.35.